The molecule has 0 saturated carbocycles. The number of nitrogens with zero attached hydrogens (tertiary/aromatic N) is 1. The van der Waals surface area contributed by atoms with Gasteiger partial charge in [-0.2, -0.15) is 0 Å². The van der Waals surface area contributed by atoms with Gasteiger partial charge in [-0.15, -0.1) is 0 Å². The Morgan fingerprint density at radius 2 is 2.11 bits per heavy atom. The molecule has 1 fully saturated rings. The second-order valence-corrected chi connectivity index (χ2v) is 6.41. The fourth-order valence-electron chi connectivity index (χ4n) is 3.35. The molecule has 1 rings (SSSR count). The monoisotopic (exact) mass is 270 g/mol. The van der Waals surface area contributed by atoms with Gasteiger partial charge in [-0.25, -0.2) is 0 Å². The first kappa shape index (κ1) is 16.9. The third-order valence-corrected chi connectivity index (χ3v) is 4.59. The summed E-state index contributed by atoms with van der Waals surface area (Å²) in [6, 6.07) is 0. The van der Waals surface area contributed by atoms with E-state index in [0.29, 0.717) is 0 Å². The number of hydrogen-bond acceptors (Lipinski definition) is 3. The molecule has 2 atom stereocenters. The third kappa shape index (κ3) is 6.24. The lowest BCUT2D eigenvalue weighted by Gasteiger charge is -2.39. The van der Waals surface area contributed by atoms with E-state index in [4.69, 9.17) is 10.5 Å². The summed E-state index contributed by atoms with van der Waals surface area (Å²) in [7, 11) is 1.85. The zero-order valence-electron chi connectivity index (χ0n) is 13.3. The first-order chi connectivity index (χ1) is 9.13. The normalized spacial score (nSPS) is 26.5. The summed E-state index contributed by atoms with van der Waals surface area (Å²) in [6.45, 7) is 8.93. The summed E-state index contributed by atoms with van der Waals surface area (Å²) in [6.07, 6.45) is 8.94. The molecule has 0 amide bonds. The second-order valence-electron chi connectivity index (χ2n) is 6.41. The minimum Gasteiger partial charge on any atom is -0.377 e. The standard InChI is InChI=1S/C16H34N2O/c1-4-7-15(9-11-17)8-5-12-18-13-6-10-16(2,14-18)19-3/h15H,4-14,17H2,1-3H3. The number of hydrogen-bond donors (Lipinski definition) is 1. The smallest absolute Gasteiger partial charge is 0.0777 e. The number of likely N-dealkylation sites (tertiary alicyclic amines) is 1. The highest BCUT2D eigenvalue weighted by atomic mass is 16.5. The lowest BCUT2D eigenvalue weighted by molar-refractivity contribution is -0.0510. The Kier molecular flexibility index (Phi) is 7.96. The Balaban J connectivity index is 2.24. The largest absolute Gasteiger partial charge is 0.377 e. The highest BCUT2D eigenvalue weighted by molar-refractivity contribution is 4.84. The van der Waals surface area contributed by atoms with Crippen molar-refractivity contribution in [3.05, 3.63) is 0 Å². The van der Waals surface area contributed by atoms with Crippen LogP contribution in [0.5, 0.6) is 0 Å². The van der Waals surface area contributed by atoms with E-state index in [2.05, 4.69) is 18.7 Å². The van der Waals surface area contributed by atoms with Crippen molar-refractivity contribution in [3.8, 4) is 0 Å². The number of rotatable bonds is 9. The summed E-state index contributed by atoms with van der Waals surface area (Å²) >= 11 is 0. The van der Waals surface area contributed by atoms with Gasteiger partial charge in [0.2, 0.25) is 0 Å². The lowest BCUT2D eigenvalue weighted by atomic mass is 9.92. The first-order valence-electron chi connectivity index (χ1n) is 8.11. The topological polar surface area (TPSA) is 38.5 Å². The Hall–Kier alpha value is -0.120. The number of methoxy groups -OCH3 is 1. The maximum Gasteiger partial charge on any atom is 0.0777 e. The maximum absolute atomic E-state index is 5.70. The Morgan fingerprint density at radius 1 is 1.32 bits per heavy atom. The maximum atomic E-state index is 5.70. The number of nitrogens with two attached hydrogens (primary N) is 1. The van der Waals surface area contributed by atoms with Gasteiger partial charge in [-0.1, -0.05) is 19.8 Å². The molecule has 3 heteroatoms. The number of ether oxygens (including phenoxy) is 1. The van der Waals surface area contributed by atoms with Gasteiger partial charge in [0, 0.05) is 13.7 Å². The molecule has 0 aromatic rings. The van der Waals surface area contributed by atoms with Crippen LogP contribution in [-0.4, -0.2) is 43.8 Å². The SMILES string of the molecule is CCCC(CCN)CCCN1CCCC(C)(OC)C1. The predicted molar refractivity (Wildman–Crippen MR) is 82.4 cm³/mol. The summed E-state index contributed by atoms with van der Waals surface area (Å²) in [5.41, 5.74) is 5.78. The molecule has 1 aliphatic heterocycles. The molecule has 3 nitrogen and oxygen atoms in total. The molecule has 1 saturated heterocycles. The van der Waals surface area contributed by atoms with Crippen LogP contribution in [0.3, 0.4) is 0 Å². The van der Waals surface area contributed by atoms with E-state index in [1.807, 2.05) is 7.11 Å². The van der Waals surface area contributed by atoms with Gasteiger partial charge < -0.3 is 15.4 Å². The molecule has 19 heavy (non-hydrogen) atoms. The minimum atomic E-state index is 0.0817. The van der Waals surface area contributed by atoms with Crippen molar-refractivity contribution in [2.75, 3.05) is 33.3 Å². The van der Waals surface area contributed by atoms with Crippen LogP contribution in [0.2, 0.25) is 0 Å². The Morgan fingerprint density at radius 3 is 2.74 bits per heavy atom. The van der Waals surface area contributed by atoms with Crippen molar-refractivity contribution in [2.24, 2.45) is 11.7 Å². The molecule has 1 heterocycles. The average molecular weight is 270 g/mol. The van der Waals surface area contributed by atoms with Crippen LogP contribution in [0, 0.1) is 5.92 Å². The molecule has 0 aromatic heterocycles. The van der Waals surface area contributed by atoms with E-state index in [1.165, 1.54) is 58.0 Å². The zero-order chi connectivity index (χ0) is 14.1. The van der Waals surface area contributed by atoms with Gasteiger partial charge in [0.15, 0.2) is 0 Å². The van der Waals surface area contributed by atoms with Crippen molar-refractivity contribution in [1.29, 1.82) is 0 Å². The fourth-order valence-corrected chi connectivity index (χ4v) is 3.35. The highest BCUT2D eigenvalue weighted by Crippen LogP contribution is 2.24. The summed E-state index contributed by atoms with van der Waals surface area (Å²) in [5.74, 6) is 0.841. The molecule has 114 valence electrons. The van der Waals surface area contributed by atoms with E-state index in [-0.39, 0.29) is 5.60 Å². The van der Waals surface area contributed by atoms with Crippen molar-refractivity contribution >= 4 is 0 Å². The van der Waals surface area contributed by atoms with Gasteiger partial charge in [0.1, 0.15) is 0 Å². The van der Waals surface area contributed by atoms with Gasteiger partial charge in [0.05, 0.1) is 5.60 Å². The molecule has 1 aliphatic rings. The number of piperidine rings is 1. The molecule has 0 spiro atoms. The van der Waals surface area contributed by atoms with Crippen molar-refractivity contribution in [1.82, 2.24) is 4.90 Å². The minimum absolute atomic E-state index is 0.0817. The molecule has 0 bridgehead atoms. The predicted octanol–water partition coefficient (Wildman–Crippen LogP) is 3.03. The molecule has 2 unspecified atom stereocenters. The lowest BCUT2D eigenvalue weighted by Crippen LogP contribution is -2.47. The van der Waals surface area contributed by atoms with Crippen LogP contribution in [-0.2, 0) is 4.74 Å². The molecule has 0 aliphatic carbocycles. The summed E-state index contributed by atoms with van der Waals surface area (Å²) in [5, 5.41) is 0. The van der Waals surface area contributed by atoms with Crippen LogP contribution in [0.1, 0.15) is 58.8 Å². The van der Waals surface area contributed by atoms with Crippen molar-refractivity contribution < 1.29 is 4.74 Å². The van der Waals surface area contributed by atoms with Gasteiger partial charge >= 0.3 is 0 Å². The van der Waals surface area contributed by atoms with Crippen LogP contribution in [0.15, 0.2) is 0 Å². The molecular formula is C16H34N2O. The van der Waals surface area contributed by atoms with Crippen molar-refractivity contribution in [3.63, 3.8) is 0 Å². The fraction of sp³-hybridized carbons (Fsp3) is 1.00. The molecule has 0 radical (unpaired) electrons. The quantitative estimate of drug-likeness (QED) is 0.700. The molecule has 2 N–H and O–H groups in total. The van der Waals surface area contributed by atoms with E-state index in [9.17, 15) is 0 Å². The van der Waals surface area contributed by atoms with Gasteiger partial charge in [-0.05, 0) is 64.6 Å². The van der Waals surface area contributed by atoms with Crippen LogP contribution >= 0.6 is 0 Å². The third-order valence-electron chi connectivity index (χ3n) is 4.59. The van der Waals surface area contributed by atoms with Gasteiger partial charge in [-0.3, -0.25) is 0 Å². The van der Waals surface area contributed by atoms with Crippen LogP contribution in [0.4, 0.5) is 0 Å². The van der Waals surface area contributed by atoms with E-state index >= 15 is 0 Å². The van der Waals surface area contributed by atoms with Crippen LogP contribution in [0.25, 0.3) is 0 Å². The van der Waals surface area contributed by atoms with E-state index in [0.717, 1.165) is 19.0 Å². The Bertz CT molecular complexity index is 229. The van der Waals surface area contributed by atoms with E-state index < -0.39 is 0 Å². The zero-order valence-corrected chi connectivity index (χ0v) is 13.3. The summed E-state index contributed by atoms with van der Waals surface area (Å²) < 4.78 is 5.66. The Labute approximate surface area is 119 Å². The molecule has 0 aromatic carbocycles. The molecular weight excluding hydrogens is 236 g/mol. The highest BCUT2D eigenvalue weighted by Gasteiger charge is 2.30. The van der Waals surface area contributed by atoms with Gasteiger partial charge in [0.25, 0.3) is 0 Å². The van der Waals surface area contributed by atoms with Crippen LogP contribution < -0.4 is 5.73 Å². The van der Waals surface area contributed by atoms with Crippen molar-refractivity contribution in [2.45, 2.75) is 64.4 Å². The summed E-state index contributed by atoms with van der Waals surface area (Å²) in [4.78, 5) is 2.58. The average Bonchev–Trinajstić information content (AvgIpc) is 2.39. The first-order valence-corrected chi connectivity index (χ1v) is 8.11. The second kappa shape index (κ2) is 8.93. The van der Waals surface area contributed by atoms with E-state index in [1.54, 1.807) is 0 Å².